The Morgan fingerprint density at radius 2 is 2.09 bits per heavy atom. The van der Waals surface area contributed by atoms with Crippen molar-refractivity contribution in [3.63, 3.8) is 0 Å². The standard InChI is InChI=1S/C17H22O5/c1-17(2)12-4-3-10(18)8-11(12)16-13(19)5-9(7-15(20)21)6-14(16)22-17/h5-6,10-12,18-19H,3-4,7-8H2,1-2H3,(H,20,21)/t10-,11-,12-/m1/s1. The lowest BCUT2D eigenvalue weighted by Crippen LogP contribution is -2.47. The number of aromatic hydroxyl groups is 1. The van der Waals surface area contributed by atoms with Gasteiger partial charge in [-0.3, -0.25) is 4.79 Å². The molecule has 1 aliphatic carbocycles. The second-order valence-corrected chi connectivity index (χ2v) is 6.98. The topological polar surface area (TPSA) is 87.0 Å². The summed E-state index contributed by atoms with van der Waals surface area (Å²) in [6.07, 6.45) is 1.70. The number of hydrogen-bond donors (Lipinski definition) is 3. The number of carbonyl (C=O) groups is 1. The van der Waals surface area contributed by atoms with Gasteiger partial charge in [-0.2, -0.15) is 0 Å². The first-order valence-corrected chi connectivity index (χ1v) is 7.72. The lowest BCUT2D eigenvalue weighted by Gasteiger charge is -2.48. The van der Waals surface area contributed by atoms with Crippen LogP contribution in [-0.4, -0.2) is 33.0 Å². The highest BCUT2D eigenvalue weighted by Gasteiger charge is 2.47. The first-order valence-electron chi connectivity index (χ1n) is 7.72. The van der Waals surface area contributed by atoms with E-state index >= 15 is 0 Å². The number of phenols is 1. The Morgan fingerprint density at radius 1 is 1.36 bits per heavy atom. The molecule has 3 N–H and O–H groups in total. The number of aliphatic hydroxyl groups is 1. The minimum Gasteiger partial charge on any atom is -0.508 e. The van der Waals surface area contributed by atoms with E-state index in [2.05, 4.69) is 0 Å². The zero-order chi connectivity index (χ0) is 16.1. The molecule has 0 aromatic heterocycles. The van der Waals surface area contributed by atoms with E-state index in [9.17, 15) is 15.0 Å². The van der Waals surface area contributed by atoms with Crippen molar-refractivity contribution in [2.24, 2.45) is 5.92 Å². The molecule has 3 atom stereocenters. The second kappa shape index (κ2) is 5.16. The van der Waals surface area contributed by atoms with Crippen molar-refractivity contribution >= 4 is 5.97 Å². The van der Waals surface area contributed by atoms with Gasteiger partial charge in [0, 0.05) is 17.4 Å². The Balaban J connectivity index is 2.06. The summed E-state index contributed by atoms with van der Waals surface area (Å²) in [5.41, 5.74) is 0.845. The molecule has 0 spiro atoms. The SMILES string of the molecule is CC1(C)Oc2cc(CC(=O)O)cc(O)c2[C@@H]2C[C@H](O)CC[C@H]21. The van der Waals surface area contributed by atoms with Crippen LogP contribution < -0.4 is 4.74 Å². The second-order valence-electron chi connectivity index (χ2n) is 6.98. The number of benzene rings is 1. The molecule has 1 aromatic rings. The van der Waals surface area contributed by atoms with Crippen LogP contribution in [0.2, 0.25) is 0 Å². The number of aliphatic carboxylic acids is 1. The monoisotopic (exact) mass is 306 g/mol. The molecule has 0 unspecified atom stereocenters. The minimum absolute atomic E-state index is 0.0429. The van der Waals surface area contributed by atoms with Gasteiger partial charge in [-0.25, -0.2) is 0 Å². The fourth-order valence-corrected chi connectivity index (χ4v) is 4.06. The molecular weight excluding hydrogens is 284 g/mol. The van der Waals surface area contributed by atoms with Gasteiger partial charge in [0.05, 0.1) is 12.5 Å². The van der Waals surface area contributed by atoms with Crippen molar-refractivity contribution in [1.29, 1.82) is 0 Å². The van der Waals surface area contributed by atoms with Crippen LogP contribution in [0.5, 0.6) is 11.5 Å². The Bertz CT molecular complexity index is 607. The van der Waals surface area contributed by atoms with Crippen LogP contribution in [0.25, 0.3) is 0 Å². The minimum atomic E-state index is -0.944. The summed E-state index contributed by atoms with van der Waals surface area (Å²) in [5, 5.41) is 29.3. The van der Waals surface area contributed by atoms with Crippen LogP contribution >= 0.6 is 0 Å². The first kappa shape index (κ1) is 15.2. The smallest absolute Gasteiger partial charge is 0.307 e. The summed E-state index contributed by atoms with van der Waals surface area (Å²) >= 11 is 0. The Labute approximate surface area is 129 Å². The number of fused-ring (bicyclic) bond motifs is 3. The van der Waals surface area contributed by atoms with Crippen LogP contribution in [0.4, 0.5) is 0 Å². The number of rotatable bonds is 2. The summed E-state index contributed by atoms with van der Waals surface area (Å²) in [4.78, 5) is 10.9. The molecule has 2 aliphatic rings. The van der Waals surface area contributed by atoms with Gasteiger partial charge in [-0.1, -0.05) is 0 Å². The fraction of sp³-hybridized carbons (Fsp3) is 0.588. The normalized spacial score (nSPS) is 29.1. The van der Waals surface area contributed by atoms with Gasteiger partial charge < -0.3 is 20.1 Å². The summed E-state index contributed by atoms with van der Waals surface area (Å²) in [6.45, 7) is 4.04. The van der Waals surface area contributed by atoms with Gasteiger partial charge in [0.1, 0.15) is 17.1 Å². The molecule has 0 bridgehead atoms. The predicted octanol–water partition coefficient (Wildman–Crippen LogP) is 2.43. The van der Waals surface area contributed by atoms with Crippen LogP contribution in [0, 0.1) is 5.92 Å². The average molecular weight is 306 g/mol. The van der Waals surface area contributed by atoms with Crippen molar-refractivity contribution in [3.05, 3.63) is 23.3 Å². The van der Waals surface area contributed by atoms with Crippen LogP contribution in [0.1, 0.15) is 50.2 Å². The molecule has 0 saturated heterocycles. The van der Waals surface area contributed by atoms with E-state index in [-0.39, 0.29) is 30.1 Å². The molecule has 1 aromatic carbocycles. The van der Waals surface area contributed by atoms with E-state index in [4.69, 9.17) is 9.84 Å². The number of phenolic OH excluding ortho intramolecular Hbond substituents is 1. The van der Waals surface area contributed by atoms with E-state index in [1.165, 1.54) is 6.07 Å². The average Bonchev–Trinajstić information content (AvgIpc) is 2.35. The molecule has 22 heavy (non-hydrogen) atoms. The maximum Gasteiger partial charge on any atom is 0.307 e. The predicted molar refractivity (Wildman–Crippen MR) is 80.2 cm³/mol. The van der Waals surface area contributed by atoms with Gasteiger partial charge >= 0.3 is 5.97 Å². The van der Waals surface area contributed by atoms with Crippen LogP contribution in [0.15, 0.2) is 12.1 Å². The zero-order valence-corrected chi connectivity index (χ0v) is 12.9. The van der Waals surface area contributed by atoms with Gasteiger partial charge in [-0.05, 0) is 50.8 Å². The fourth-order valence-electron chi connectivity index (χ4n) is 4.06. The Kier molecular flexibility index (Phi) is 3.56. The molecule has 1 aliphatic heterocycles. The number of ether oxygens (including phenoxy) is 1. The number of carboxylic acids is 1. The highest BCUT2D eigenvalue weighted by atomic mass is 16.5. The maximum atomic E-state index is 10.9. The molecule has 120 valence electrons. The Morgan fingerprint density at radius 3 is 2.77 bits per heavy atom. The number of aliphatic hydroxyl groups excluding tert-OH is 1. The van der Waals surface area contributed by atoms with Crippen LogP contribution in [0.3, 0.4) is 0 Å². The van der Waals surface area contributed by atoms with E-state index < -0.39 is 11.6 Å². The van der Waals surface area contributed by atoms with Crippen molar-refractivity contribution in [1.82, 2.24) is 0 Å². The lowest BCUT2D eigenvalue weighted by atomic mass is 9.66. The van der Waals surface area contributed by atoms with E-state index in [1.807, 2.05) is 13.8 Å². The molecule has 1 fully saturated rings. The molecule has 1 heterocycles. The Hall–Kier alpha value is -1.75. The lowest BCUT2D eigenvalue weighted by molar-refractivity contribution is -0.136. The number of carboxylic acid groups (broad SMARTS) is 1. The quantitative estimate of drug-likeness (QED) is 0.781. The van der Waals surface area contributed by atoms with Gasteiger partial charge in [0.2, 0.25) is 0 Å². The summed E-state index contributed by atoms with van der Waals surface area (Å²) in [6, 6.07) is 3.22. The molecule has 5 heteroatoms. The van der Waals surface area contributed by atoms with Crippen molar-refractivity contribution < 1.29 is 24.9 Å². The third kappa shape index (κ3) is 2.54. The molecule has 0 amide bonds. The highest BCUT2D eigenvalue weighted by molar-refractivity contribution is 5.71. The van der Waals surface area contributed by atoms with Crippen LogP contribution in [-0.2, 0) is 11.2 Å². The molecule has 5 nitrogen and oxygen atoms in total. The maximum absolute atomic E-state index is 10.9. The van der Waals surface area contributed by atoms with Gasteiger partial charge in [0.15, 0.2) is 0 Å². The summed E-state index contributed by atoms with van der Waals surface area (Å²) in [5.74, 6) is -0.0358. The largest absolute Gasteiger partial charge is 0.508 e. The third-order valence-corrected chi connectivity index (χ3v) is 4.99. The van der Waals surface area contributed by atoms with E-state index in [0.717, 1.165) is 18.4 Å². The first-order chi connectivity index (χ1) is 10.3. The summed E-state index contributed by atoms with van der Waals surface area (Å²) in [7, 11) is 0. The summed E-state index contributed by atoms with van der Waals surface area (Å²) < 4.78 is 6.09. The van der Waals surface area contributed by atoms with Crippen molar-refractivity contribution in [3.8, 4) is 11.5 Å². The zero-order valence-electron chi connectivity index (χ0n) is 12.9. The molecule has 3 rings (SSSR count). The molecular formula is C17H22O5. The van der Waals surface area contributed by atoms with Crippen molar-refractivity contribution in [2.75, 3.05) is 0 Å². The van der Waals surface area contributed by atoms with Gasteiger partial charge in [0.25, 0.3) is 0 Å². The van der Waals surface area contributed by atoms with E-state index in [0.29, 0.717) is 17.7 Å². The van der Waals surface area contributed by atoms with Crippen molar-refractivity contribution in [2.45, 2.75) is 57.2 Å². The van der Waals surface area contributed by atoms with Gasteiger partial charge in [-0.15, -0.1) is 0 Å². The third-order valence-electron chi connectivity index (χ3n) is 4.99. The molecule has 1 saturated carbocycles. The highest BCUT2D eigenvalue weighted by Crippen LogP contribution is 2.54. The number of hydrogen-bond acceptors (Lipinski definition) is 4. The van der Waals surface area contributed by atoms with E-state index in [1.54, 1.807) is 6.07 Å². The molecule has 0 radical (unpaired) electrons.